The Bertz CT molecular complexity index is 665. The molecule has 1 fully saturated rings. The topological polar surface area (TPSA) is 96.7 Å². The molecular weight excluding hydrogens is 300 g/mol. The first kappa shape index (κ1) is 15.4. The number of carbonyl (C=O) groups excluding carboxylic acids is 1. The molecule has 0 atom stereocenters. The van der Waals surface area contributed by atoms with Crippen molar-refractivity contribution >= 4 is 5.91 Å². The molecule has 122 valence electrons. The van der Waals surface area contributed by atoms with E-state index in [1.54, 1.807) is 29.2 Å². The van der Waals surface area contributed by atoms with E-state index < -0.39 is 5.95 Å². The largest absolute Gasteiger partial charge is 0.538 e. The Balaban J connectivity index is 1.80. The van der Waals surface area contributed by atoms with Gasteiger partial charge in [-0.15, -0.1) is 0 Å². The summed E-state index contributed by atoms with van der Waals surface area (Å²) in [6.45, 7) is 3.01. The normalized spacial score (nSPS) is 15.8. The lowest BCUT2D eigenvalue weighted by Crippen LogP contribution is -2.52. The maximum absolute atomic E-state index is 12.7. The average Bonchev–Trinajstić information content (AvgIpc) is 2.97. The number of aliphatic hydroxyl groups is 1. The second-order valence-electron chi connectivity index (χ2n) is 5.31. The molecule has 1 saturated heterocycles. The molecule has 1 aliphatic rings. The smallest absolute Gasteiger partial charge is 0.327 e. The molecule has 0 radical (unpaired) electrons. The number of para-hydroxylation sites is 1. The van der Waals surface area contributed by atoms with Gasteiger partial charge in [0.2, 0.25) is 5.69 Å². The Labute approximate surface area is 133 Å². The van der Waals surface area contributed by atoms with Crippen molar-refractivity contribution in [1.82, 2.24) is 15.1 Å². The first-order valence-corrected chi connectivity index (χ1v) is 7.47. The number of hydrogen-bond donors (Lipinski definition) is 1. The predicted octanol–water partition coefficient (Wildman–Crippen LogP) is -1.22. The highest BCUT2D eigenvalue weighted by Gasteiger charge is 2.33. The van der Waals surface area contributed by atoms with Gasteiger partial charge < -0.3 is 19.6 Å². The lowest BCUT2D eigenvalue weighted by molar-refractivity contribution is -0.672. The van der Waals surface area contributed by atoms with Crippen molar-refractivity contribution in [2.24, 2.45) is 0 Å². The molecule has 2 heterocycles. The quantitative estimate of drug-likeness (QED) is 0.710. The fourth-order valence-corrected chi connectivity index (χ4v) is 2.64. The van der Waals surface area contributed by atoms with E-state index in [1.807, 2.05) is 6.07 Å². The number of aliphatic hydroxyl groups excluding tert-OH is 1. The third kappa shape index (κ3) is 3.17. The fourth-order valence-electron chi connectivity index (χ4n) is 2.64. The Morgan fingerprint density at radius 1 is 1.26 bits per heavy atom. The molecule has 1 N–H and O–H groups in total. The van der Waals surface area contributed by atoms with Crippen molar-refractivity contribution in [2.75, 3.05) is 39.3 Å². The summed E-state index contributed by atoms with van der Waals surface area (Å²) in [6, 6.07) is 8.92. The Kier molecular flexibility index (Phi) is 4.54. The van der Waals surface area contributed by atoms with Gasteiger partial charge in [-0.25, -0.2) is 0 Å². The van der Waals surface area contributed by atoms with Gasteiger partial charge in [-0.1, -0.05) is 18.2 Å². The molecule has 1 amide bonds. The zero-order chi connectivity index (χ0) is 16.2. The van der Waals surface area contributed by atoms with E-state index in [4.69, 9.17) is 5.11 Å². The van der Waals surface area contributed by atoms with E-state index in [1.165, 1.54) is 4.68 Å². The van der Waals surface area contributed by atoms with Gasteiger partial charge in [0.05, 0.1) is 11.9 Å². The lowest BCUT2D eigenvalue weighted by Gasteiger charge is -2.33. The molecule has 1 aromatic heterocycles. The van der Waals surface area contributed by atoms with Gasteiger partial charge in [-0.05, 0) is 4.68 Å². The number of aromatic nitrogens is 2. The van der Waals surface area contributed by atoms with E-state index in [9.17, 15) is 9.90 Å². The van der Waals surface area contributed by atoms with Crippen molar-refractivity contribution in [3.05, 3.63) is 36.0 Å². The van der Waals surface area contributed by atoms with Gasteiger partial charge in [0.15, 0.2) is 5.95 Å². The molecule has 0 saturated carbocycles. The summed E-state index contributed by atoms with van der Waals surface area (Å²) in [5, 5.41) is 24.6. The van der Waals surface area contributed by atoms with Crippen LogP contribution in [-0.2, 0) is 0 Å². The summed E-state index contributed by atoms with van der Waals surface area (Å²) in [4.78, 5) is 16.4. The SMILES string of the molecule is O=C(c1c([O-])on[n+]1-c1ccccc1)N1CCN(CCO)CC1. The van der Waals surface area contributed by atoms with Crippen LogP contribution < -0.4 is 9.79 Å². The molecule has 1 aliphatic heterocycles. The summed E-state index contributed by atoms with van der Waals surface area (Å²) < 4.78 is 5.93. The number of nitrogens with zero attached hydrogens (tertiary/aromatic N) is 4. The summed E-state index contributed by atoms with van der Waals surface area (Å²) in [5.41, 5.74) is 0.507. The molecule has 23 heavy (non-hydrogen) atoms. The van der Waals surface area contributed by atoms with Gasteiger partial charge >= 0.3 is 11.6 Å². The predicted molar refractivity (Wildman–Crippen MR) is 76.9 cm³/mol. The monoisotopic (exact) mass is 318 g/mol. The minimum absolute atomic E-state index is 0.0909. The van der Waals surface area contributed by atoms with Gasteiger partial charge in [-0.2, -0.15) is 0 Å². The van der Waals surface area contributed by atoms with Crippen LogP contribution in [0.1, 0.15) is 10.5 Å². The first-order valence-electron chi connectivity index (χ1n) is 7.47. The van der Waals surface area contributed by atoms with Crippen LogP contribution in [0.5, 0.6) is 5.95 Å². The third-order valence-corrected chi connectivity index (χ3v) is 3.89. The van der Waals surface area contributed by atoms with E-state index in [0.717, 1.165) is 0 Å². The van der Waals surface area contributed by atoms with Crippen LogP contribution in [0.25, 0.3) is 5.69 Å². The first-order chi connectivity index (χ1) is 11.2. The van der Waals surface area contributed by atoms with Crippen LogP contribution >= 0.6 is 0 Å². The van der Waals surface area contributed by atoms with E-state index in [-0.39, 0.29) is 18.2 Å². The maximum atomic E-state index is 12.7. The summed E-state index contributed by atoms with van der Waals surface area (Å²) >= 11 is 0. The summed E-state index contributed by atoms with van der Waals surface area (Å²) in [7, 11) is 0. The third-order valence-electron chi connectivity index (χ3n) is 3.89. The molecule has 0 bridgehead atoms. The van der Waals surface area contributed by atoms with E-state index in [0.29, 0.717) is 38.4 Å². The van der Waals surface area contributed by atoms with Crippen molar-refractivity contribution < 1.29 is 24.2 Å². The highest BCUT2D eigenvalue weighted by Crippen LogP contribution is 2.14. The molecule has 0 unspecified atom stereocenters. The standard InChI is InChI=1S/C15H18N4O4/c20-11-10-17-6-8-18(9-7-17)14(21)13-15(22)23-16-19(13)12-4-2-1-3-5-12/h1-5,20H,6-11H2. The number of amides is 1. The second-order valence-corrected chi connectivity index (χ2v) is 5.31. The van der Waals surface area contributed by atoms with Crippen molar-refractivity contribution in [1.29, 1.82) is 0 Å². The van der Waals surface area contributed by atoms with Gasteiger partial charge in [0, 0.05) is 44.9 Å². The molecular formula is C15H18N4O4. The zero-order valence-electron chi connectivity index (χ0n) is 12.6. The zero-order valence-corrected chi connectivity index (χ0v) is 12.6. The highest BCUT2D eigenvalue weighted by atomic mass is 16.6. The number of carbonyl (C=O) groups is 1. The van der Waals surface area contributed by atoms with Crippen LogP contribution in [0, 0.1) is 0 Å². The number of rotatable bonds is 4. The highest BCUT2D eigenvalue weighted by molar-refractivity contribution is 5.92. The summed E-state index contributed by atoms with van der Waals surface area (Å²) in [5.74, 6) is -1.12. The van der Waals surface area contributed by atoms with Gasteiger partial charge in [0.1, 0.15) is 0 Å². The Morgan fingerprint density at radius 3 is 2.61 bits per heavy atom. The molecule has 8 heteroatoms. The average molecular weight is 318 g/mol. The van der Waals surface area contributed by atoms with Crippen LogP contribution in [0.15, 0.2) is 34.9 Å². The molecule has 2 aromatic rings. The summed E-state index contributed by atoms with van der Waals surface area (Å²) in [6.07, 6.45) is 0. The minimum Gasteiger partial charge on any atom is -0.538 e. The van der Waals surface area contributed by atoms with Crippen LogP contribution in [-0.4, -0.2) is 65.4 Å². The second kappa shape index (κ2) is 6.76. The minimum atomic E-state index is -0.739. The van der Waals surface area contributed by atoms with E-state index >= 15 is 0 Å². The Hall–Kier alpha value is -2.45. The molecule has 0 spiro atoms. The number of piperazine rings is 1. The number of β-amino-alcohol motifs (C(OH)–C–C–N with tert-alkyl or cyclic N) is 1. The van der Waals surface area contributed by atoms with Gasteiger partial charge in [-0.3, -0.25) is 9.69 Å². The van der Waals surface area contributed by atoms with Crippen LogP contribution in [0.4, 0.5) is 0 Å². The van der Waals surface area contributed by atoms with Crippen molar-refractivity contribution in [2.45, 2.75) is 0 Å². The van der Waals surface area contributed by atoms with E-state index in [2.05, 4.69) is 14.7 Å². The van der Waals surface area contributed by atoms with Crippen molar-refractivity contribution in [3.63, 3.8) is 0 Å². The fraction of sp³-hybridized carbons (Fsp3) is 0.400. The molecule has 3 rings (SSSR count). The molecule has 0 aliphatic carbocycles. The maximum Gasteiger partial charge on any atom is 0.327 e. The molecule has 1 aromatic carbocycles. The number of benzene rings is 1. The number of hydrogen-bond acceptors (Lipinski definition) is 6. The van der Waals surface area contributed by atoms with Crippen molar-refractivity contribution in [3.8, 4) is 11.6 Å². The lowest BCUT2D eigenvalue weighted by atomic mass is 10.2. The van der Waals surface area contributed by atoms with Crippen LogP contribution in [0.2, 0.25) is 0 Å². The van der Waals surface area contributed by atoms with Gasteiger partial charge in [0.25, 0.3) is 0 Å². The Morgan fingerprint density at radius 2 is 1.96 bits per heavy atom. The van der Waals surface area contributed by atoms with Crippen LogP contribution in [0.3, 0.4) is 0 Å². The molecule has 8 nitrogen and oxygen atoms in total.